The summed E-state index contributed by atoms with van der Waals surface area (Å²) in [6.07, 6.45) is -1.56. The van der Waals surface area contributed by atoms with Gasteiger partial charge in [0.1, 0.15) is 36.6 Å². The lowest BCUT2D eigenvalue weighted by molar-refractivity contribution is -0.148. The predicted molar refractivity (Wildman–Crippen MR) is 464 cm³/mol. The number of hydrogen-bond acceptors (Lipinski definition) is 25. The van der Waals surface area contributed by atoms with Crippen LogP contribution in [0.25, 0.3) is 0 Å². The molecular formula is C87H147N13O24. The van der Waals surface area contributed by atoms with Gasteiger partial charge in [-0.2, -0.15) is 0 Å². The summed E-state index contributed by atoms with van der Waals surface area (Å²) in [6.45, 7) is 26.1. The Morgan fingerprint density at radius 3 is 1.65 bits per heavy atom. The van der Waals surface area contributed by atoms with E-state index in [1.165, 1.54) is 44.4 Å². The van der Waals surface area contributed by atoms with E-state index in [-0.39, 0.29) is 144 Å². The number of likely N-dealkylation sites (tertiary alicyclic amines) is 1. The molecule has 124 heavy (non-hydrogen) atoms. The fourth-order valence-electron chi connectivity index (χ4n) is 13.9. The molecule has 0 radical (unpaired) electrons. The molecule has 37 nitrogen and oxygen atoms in total. The molecule has 1 heterocycles. The van der Waals surface area contributed by atoms with Gasteiger partial charge in [0.2, 0.25) is 47.3 Å². The Morgan fingerprint density at radius 2 is 1.12 bits per heavy atom. The molecular weight excluding hydrogens is 1610 g/mol. The number of carbonyl (C=O) groups excluding carboxylic acids is 12. The lowest BCUT2D eigenvalue weighted by Gasteiger charge is -2.41. The molecule has 2 aromatic carbocycles. The normalized spacial score (nSPS) is 15.4. The number of nitrogens with one attached hydrogen (secondary N) is 8. The van der Waals surface area contributed by atoms with Gasteiger partial charge in [0, 0.05) is 103 Å². The molecule has 13 N–H and O–H groups in total. The highest BCUT2D eigenvalue weighted by molar-refractivity contribution is 6.01. The van der Waals surface area contributed by atoms with Gasteiger partial charge < -0.3 is 121 Å². The molecule has 12 atom stereocenters. The first-order valence-electron chi connectivity index (χ1n) is 43.5. The third-order valence-electron chi connectivity index (χ3n) is 21.2. The van der Waals surface area contributed by atoms with E-state index in [4.69, 9.17) is 63.6 Å². The Labute approximate surface area is 732 Å². The van der Waals surface area contributed by atoms with Gasteiger partial charge in [-0.05, 0) is 74.0 Å². The van der Waals surface area contributed by atoms with Gasteiger partial charge in [0.25, 0.3) is 5.91 Å². The molecule has 1 fully saturated rings. The monoisotopic (exact) mass is 1760 g/mol. The number of ether oxygens (including phenoxy) is 11. The number of nitrogens with zero attached hydrogens (tertiary/aromatic N) is 3. The van der Waals surface area contributed by atoms with E-state index >= 15 is 4.79 Å². The fourth-order valence-corrected chi connectivity index (χ4v) is 13.9. The van der Waals surface area contributed by atoms with Crippen molar-refractivity contribution < 1.29 is 115 Å². The van der Waals surface area contributed by atoms with E-state index < -0.39 is 138 Å². The zero-order valence-electron chi connectivity index (χ0n) is 76.1. The Hall–Kier alpha value is -8.60. The van der Waals surface area contributed by atoms with Crippen LogP contribution in [-0.2, 0) is 102 Å². The molecule has 12 amide bonds. The number of aliphatic hydroxyl groups is 1. The van der Waals surface area contributed by atoms with Crippen LogP contribution in [-0.4, -0.2) is 312 Å². The van der Waals surface area contributed by atoms with E-state index in [0.717, 1.165) is 4.90 Å². The van der Waals surface area contributed by atoms with Crippen molar-refractivity contribution in [3.8, 4) is 0 Å². The van der Waals surface area contributed by atoms with Gasteiger partial charge in [-0.3, -0.25) is 52.8 Å². The number of primary amides is 1. The SMILES string of the molecule is CC[C@H](C)[C@@H]([C@@H](CC(=O)N1CCC[C@H]1[C@H](OC)[C@@H](C)C(=O)N[C@H](C)[C@@H](O)c1ccccc1)OC)N(C)C(=O)[C@@H](NC(=O)[C@H](C(C)C)N(C)C(=O)OCc1ccc(NC(=O)[C@H](CCCNC(N)=O)NC(=O)[C@@H](NC(=O)CCOCCOCCOCCOCCC(=O)C(C)C)C(C)C)cc1C(=O)NCCNC(=O)CCOCCOCCOCCOCCN)C(C)C. The predicted octanol–water partition coefficient (Wildman–Crippen LogP) is 3.92. The standard InChI is InChI=1S/C87H147N13O24/c1-17-60(10)77(70(114-15)54-73(104)100-36-22-26-68(100)79(115-16)61(11)80(106)93-62(12)78(105)63-23-19-18-20-24-63)98(13)85(111)75(58(6)7)97-84(110)76(59(8)9)99(14)87(113)124-55-64-27-28-65(53-66(64)81(107)91-35-34-90-71(102)30-38-117-42-46-121-51-52-123-48-44-119-40-32-88)94-82(108)67(25-21-33-92-86(89)112)95-83(109)74(57(4)5)96-72(103)31-39-118-43-47-122-50-49-120-45-41-116-37-29-69(101)56(2)3/h18-20,23-24,27-28,53,56-62,67-68,70,74-79,105H,17,21-22,25-26,29-52,54-55,88H2,1-16H3,(H,90,102)(H,91,107)(H,93,106)(H,94,108)(H,95,109)(H,96,103)(H,97,110)(H3,89,92,112)/t60-,61+,62+,67-,68-,70+,74-,75-,76-,77-,78+,79+/m0/s1. The molecule has 704 valence electrons. The van der Waals surface area contributed by atoms with Crippen molar-refractivity contribution in [1.29, 1.82) is 0 Å². The summed E-state index contributed by atoms with van der Waals surface area (Å²) in [6, 6.07) is 5.71. The van der Waals surface area contributed by atoms with E-state index in [9.17, 15) is 57.8 Å². The highest BCUT2D eigenvalue weighted by atomic mass is 16.6. The Morgan fingerprint density at radius 1 is 0.573 bits per heavy atom. The van der Waals surface area contributed by atoms with Crippen LogP contribution in [0, 0.1) is 35.5 Å². The minimum Gasteiger partial charge on any atom is -0.445 e. The van der Waals surface area contributed by atoms with Crippen molar-refractivity contribution in [2.75, 3.05) is 172 Å². The number of benzene rings is 2. The van der Waals surface area contributed by atoms with E-state index in [2.05, 4.69) is 42.5 Å². The summed E-state index contributed by atoms with van der Waals surface area (Å²) in [5, 5.41) is 33.1. The summed E-state index contributed by atoms with van der Waals surface area (Å²) in [5.74, 6) is -7.31. The molecule has 0 aromatic heterocycles. The molecule has 1 aliphatic heterocycles. The Balaban J connectivity index is 1.83. The average molecular weight is 1760 g/mol. The largest absolute Gasteiger partial charge is 0.445 e. The van der Waals surface area contributed by atoms with Gasteiger partial charge in [0.15, 0.2) is 0 Å². The van der Waals surface area contributed by atoms with Crippen molar-refractivity contribution in [1.82, 2.24) is 51.9 Å². The second-order valence-corrected chi connectivity index (χ2v) is 32.1. The van der Waals surface area contributed by atoms with Crippen LogP contribution in [0.2, 0.25) is 0 Å². The van der Waals surface area contributed by atoms with E-state index in [0.29, 0.717) is 110 Å². The molecule has 0 spiro atoms. The zero-order valence-corrected chi connectivity index (χ0v) is 76.1. The molecule has 37 heteroatoms. The van der Waals surface area contributed by atoms with Crippen molar-refractivity contribution in [2.24, 2.45) is 47.0 Å². The lowest BCUT2D eigenvalue weighted by atomic mass is 9.89. The van der Waals surface area contributed by atoms with Gasteiger partial charge in [-0.25, -0.2) is 9.59 Å². The van der Waals surface area contributed by atoms with Crippen LogP contribution in [0.3, 0.4) is 0 Å². The fraction of sp³-hybridized carbons (Fsp3) is 0.724. The van der Waals surface area contributed by atoms with E-state index in [1.807, 2.05) is 33.8 Å². The molecule has 0 bridgehead atoms. The Bertz CT molecular complexity index is 3510. The number of urea groups is 1. The van der Waals surface area contributed by atoms with Crippen molar-refractivity contribution in [3.05, 3.63) is 65.2 Å². The number of ketones is 1. The highest BCUT2D eigenvalue weighted by Crippen LogP contribution is 2.31. The van der Waals surface area contributed by atoms with Crippen LogP contribution in [0.5, 0.6) is 0 Å². The number of nitrogens with two attached hydrogens (primary N) is 2. The maximum Gasteiger partial charge on any atom is 0.410 e. The first kappa shape index (κ1) is 110. The van der Waals surface area contributed by atoms with Gasteiger partial charge in [-0.1, -0.05) is 119 Å². The second-order valence-electron chi connectivity index (χ2n) is 32.1. The summed E-state index contributed by atoms with van der Waals surface area (Å²) >= 11 is 0. The summed E-state index contributed by atoms with van der Waals surface area (Å²) < 4.78 is 61.9. The quantitative estimate of drug-likeness (QED) is 0.0418. The smallest absolute Gasteiger partial charge is 0.410 e. The summed E-state index contributed by atoms with van der Waals surface area (Å²) in [7, 11) is 5.94. The molecule has 0 unspecified atom stereocenters. The van der Waals surface area contributed by atoms with Crippen LogP contribution in [0.15, 0.2) is 48.5 Å². The minimum absolute atomic E-state index is 0.00306. The third kappa shape index (κ3) is 40.8. The van der Waals surface area contributed by atoms with Crippen LogP contribution < -0.4 is 54.0 Å². The lowest BCUT2D eigenvalue weighted by Crippen LogP contribution is -2.60. The molecule has 2 aromatic rings. The number of likely N-dealkylation sites (N-methyl/N-ethyl adjacent to an activating group) is 2. The summed E-state index contributed by atoms with van der Waals surface area (Å²) in [4.78, 5) is 170. The summed E-state index contributed by atoms with van der Waals surface area (Å²) in [5.41, 5.74) is 11.5. The number of aliphatic hydroxyl groups excluding tert-OH is 1. The topological polar surface area (TPSA) is 485 Å². The number of anilines is 1. The number of rotatable bonds is 66. The third-order valence-corrected chi connectivity index (χ3v) is 21.2. The number of Topliss-reactive ketones (excluding diaryl/α,β-unsaturated/α-hetero) is 1. The van der Waals surface area contributed by atoms with Crippen molar-refractivity contribution in [2.45, 2.75) is 208 Å². The number of hydrogen-bond donors (Lipinski definition) is 11. The zero-order chi connectivity index (χ0) is 92.2. The Kier molecular flexibility index (Phi) is 54.5. The van der Waals surface area contributed by atoms with Crippen molar-refractivity contribution >= 4 is 76.8 Å². The molecule has 0 saturated carbocycles. The minimum atomic E-state index is -1.30. The first-order chi connectivity index (χ1) is 59.1. The van der Waals surface area contributed by atoms with Crippen molar-refractivity contribution in [3.63, 3.8) is 0 Å². The number of methoxy groups -OCH3 is 2. The van der Waals surface area contributed by atoms with Gasteiger partial charge in [0.05, 0.1) is 154 Å². The maximum atomic E-state index is 15.1. The second kappa shape index (κ2) is 61.7. The average Bonchev–Trinajstić information content (AvgIpc) is 1.41. The highest BCUT2D eigenvalue weighted by Gasteiger charge is 2.44. The molecule has 3 rings (SSSR count). The van der Waals surface area contributed by atoms with Crippen LogP contribution in [0.1, 0.15) is 168 Å². The molecule has 1 saturated heterocycles. The van der Waals surface area contributed by atoms with Crippen LogP contribution >= 0.6 is 0 Å². The maximum absolute atomic E-state index is 15.1. The number of carbonyl (C=O) groups is 12. The van der Waals surface area contributed by atoms with Gasteiger partial charge >= 0.3 is 12.1 Å². The number of amides is 12. The van der Waals surface area contributed by atoms with Crippen LogP contribution in [0.4, 0.5) is 15.3 Å². The van der Waals surface area contributed by atoms with Gasteiger partial charge in [-0.15, -0.1) is 0 Å². The first-order valence-corrected chi connectivity index (χ1v) is 43.5. The molecule has 1 aliphatic rings. The molecule has 0 aliphatic carbocycles. The van der Waals surface area contributed by atoms with E-state index in [1.54, 1.807) is 91.6 Å².